The van der Waals surface area contributed by atoms with E-state index in [2.05, 4.69) is 9.97 Å². The molecule has 94 valence electrons. The first kappa shape index (κ1) is 11.5. The molecule has 18 heavy (non-hydrogen) atoms. The standard InChI is InChI=1S/C13H13ClN2O2/c1-2-12-15-9-7-11-10(17-4-3-5-18-11)6-8(9)13(14)16-12/h6-7H,2-5H2,1H3. The van der Waals surface area contributed by atoms with E-state index in [1.54, 1.807) is 0 Å². The number of aromatic nitrogens is 2. The summed E-state index contributed by atoms with van der Waals surface area (Å²) in [5, 5.41) is 1.27. The molecule has 0 saturated carbocycles. The van der Waals surface area contributed by atoms with Crippen LogP contribution in [-0.2, 0) is 6.42 Å². The van der Waals surface area contributed by atoms with E-state index in [-0.39, 0.29) is 0 Å². The summed E-state index contributed by atoms with van der Waals surface area (Å²) in [4.78, 5) is 8.71. The molecule has 0 fully saturated rings. The summed E-state index contributed by atoms with van der Waals surface area (Å²) >= 11 is 6.18. The number of rotatable bonds is 1. The molecule has 0 saturated heterocycles. The summed E-state index contributed by atoms with van der Waals surface area (Å²) in [6.45, 7) is 3.32. The van der Waals surface area contributed by atoms with E-state index in [0.717, 1.165) is 41.1 Å². The van der Waals surface area contributed by atoms with Crippen LogP contribution >= 0.6 is 11.6 Å². The number of hydrogen-bond donors (Lipinski definition) is 0. The summed E-state index contributed by atoms with van der Waals surface area (Å²) in [5.74, 6) is 2.19. The minimum Gasteiger partial charge on any atom is -0.490 e. The molecule has 1 aliphatic rings. The van der Waals surface area contributed by atoms with Crippen LogP contribution in [0.1, 0.15) is 19.2 Å². The van der Waals surface area contributed by atoms with Gasteiger partial charge in [-0.3, -0.25) is 0 Å². The zero-order valence-corrected chi connectivity index (χ0v) is 10.8. The highest BCUT2D eigenvalue weighted by Crippen LogP contribution is 2.35. The number of aryl methyl sites for hydroxylation is 1. The Morgan fingerprint density at radius 1 is 1.17 bits per heavy atom. The molecule has 0 spiro atoms. The second-order valence-corrected chi connectivity index (χ2v) is 4.51. The fourth-order valence-corrected chi connectivity index (χ4v) is 2.20. The first-order valence-corrected chi connectivity index (χ1v) is 6.41. The largest absolute Gasteiger partial charge is 0.490 e. The monoisotopic (exact) mass is 264 g/mol. The highest BCUT2D eigenvalue weighted by Gasteiger charge is 2.14. The molecule has 0 radical (unpaired) electrons. The van der Waals surface area contributed by atoms with E-state index in [1.165, 1.54) is 0 Å². The Kier molecular flexibility index (Phi) is 2.96. The normalized spacial score (nSPS) is 14.6. The third kappa shape index (κ3) is 1.97. The van der Waals surface area contributed by atoms with Crippen LogP contribution in [0, 0.1) is 0 Å². The van der Waals surface area contributed by atoms with Gasteiger partial charge in [0, 0.05) is 24.3 Å². The number of hydrogen-bond acceptors (Lipinski definition) is 4. The van der Waals surface area contributed by atoms with Crippen LogP contribution in [0.25, 0.3) is 10.9 Å². The second-order valence-electron chi connectivity index (χ2n) is 4.15. The number of ether oxygens (including phenoxy) is 2. The molecule has 1 aromatic heterocycles. The molecule has 0 aliphatic carbocycles. The summed E-state index contributed by atoms with van der Waals surface area (Å²) in [7, 11) is 0. The predicted octanol–water partition coefficient (Wildman–Crippen LogP) is 3.01. The van der Waals surface area contributed by atoms with E-state index < -0.39 is 0 Å². The van der Waals surface area contributed by atoms with Gasteiger partial charge in [-0.25, -0.2) is 9.97 Å². The molecule has 0 unspecified atom stereocenters. The Labute approximate surface area is 110 Å². The van der Waals surface area contributed by atoms with Gasteiger partial charge >= 0.3 is 0 Å². The lowest BCUT2D eigenvalue weighted by atomic mass is 10.2. The predicted molar refractivity (Wildman–Crippen MR) is 69.5 cm³/mol. The SMILES string of the molecule is CCc1nc(Cl)c2cc3c(cc2n1)OCCCO3. The highest BCUT2D eigenvalue weighted by molar-refractivity contribution is 6.34. The lowest BCUT2D eigenvalue weighted by molar-refractivity contribution is 0.297. The van der Waals surface area contributed by atoms with Gasteiger partial charge in [-0.15, -0.1) is 0 Å². The first-order valence-electron chi connectivity index (χ1n) is 6.03. The van der Waals surface area contributed by atoms with Crippen molar-refractivity contribution in [3.05, 3.63) is 23.1 Å². The van der Waals surface area contributed by atoms with E-state index in [4.69, 9.17) is 21.1 Å². The van der Waals surface area contributed by atoms with Crippen molar-refractivity contribution in [2.45, 2.75) is 19.8 Å². The molecule has 0 amide bonds. The van der Waals surface area contributed by atoms with Gasteiger partial charge in [0.2, 0.25) is 0 Å². The Morgan fingerprint density at radius 3 is 2.61 bits per heavy atom. The maximum absolute atomic E-state index is 6.18. The van der Waals surface area contributed by atoms with Crippen LogP contribution in [0.15, 0.2) is 12.1 Å². The van der Waals surface area contributed by atoms with Gasteiger partial charge in [-0.05, 0) is 6.07 Å². The van der Waals surface area contributed by atoms with E-state index in [0.29, 0.717) is 18.4 Å². The van der Waals surface area contributed by atoms with Crippen molar-refractivity contribution >= 4 is 22.5 Å². The number of nitrogens with zero attached hydrogens (tertiary/aromatic N) is 2. The van der Waals surface area contributed by atoms with Gasteiger partial charge in [0.1, 0.15) is 11.0 Å². The van der Waals surface area contributed by atoms with Crippen LogP contribution < -0.4 is 9.47 Å². The van der Waals surface area contributed by atoms with Crippen molar-refractivity contribution in [1.29, 1.82) is 0 Å². The van der Waals surface area contributed by atoms with Crippen molar-refractivity contribution in [2.24, 2.45) is 0 Å². The summed E-state index contributed by atoms with van der Waals surface area (Å²) < 4.78 is 11.3. The van der Waals surface area contributed by atoms with Crippen LogP contribution in [0.5, 0.6) is 11.5 Å². The van der Waals surface area contributed by atoms with Crippen molar-refractivity contribution in [3.8, 4) is 11.5 Å². The molecule has 1 aromatic carbocycles. The van der Waals surface area contributed by atoms with Gasteiger partial charge in [-0.2, -0.15) is 0 Å². The summed E-state index contributed by atoms with van der Waals surface area (Å²) in [5.41, 5.74) is 0.802. The lowest BCUT2D eigenvalue weighted by Crippen LogP contribution is -1.97. The molecule has 2 heterocycles. The maximum atomic E-state index is 6.18. The maximum Gasteiger partial charge on any atom is 0.163 e. The van der Waals surface area contributed by atoms with Crippen molar-refractivity contribution in [3.63, 3.8) is 0 Å². The zero-order chi connectivity index (χ0) is 12.5. The molecule has 1 aliphatic heterocycles. The van der Waals surface area contributed by atoms with Crippen LogP contribution in [0.3, 0.4) is 0 Å². The quantitative estimate of drug-likeness (QED) is 0.743. The Morgan fingerprint density at radius 2 is 1.89 bits per heavy atom. The first-order chi connectivity index (χ1) is 8.78. The van der Waals surface area contributed by atoms with Crippen LogP contribution in [-0.4, -0.2) is 23.2 Å². The fraction of sp³-hybridized carbons (Fsp3) is 0.385. The third-order valence-corrected chi connectivity index (χ3v) is 3.17. The summed E-state index contributed by atoms with van der Waals surface area (Å²) in [6, 6.07) is 3.74. The molecule has 5 heteroatoms. The Hall–Kier alpha value is -1.55. The van der Waals surface area contributed by atoms with E-state index in [9.17, 15) is 0 Å². The average Bonchev–Trinajstić information content (AvgIpc) is 2.61. The van der Waals surface area contributed by atoms with Crippen LogP contribution in [0.4, 0.5) is 0 Å². The average molecular weight is 265 g/mol. The van der Waals surface area contributed by atoms with Crippen molar-refractivity contribution in [1.82, 2.24) is 9.97 Å². The molecule has 0 bridgehead atoms. The highest BCUT2D eigenvalue weighted by atomic mass is 35.5. The van der Waals surface area contributed by atoms with Gasteiger partial charge in [-0.1, -0.05) is 18.5 Å². The number of benzene rings is 1. The van der Waals surface area contributed by atoms with E-state index in [1.807, 2.05) is 19.1 Å². The zero-order valence-electron chi connectivity index (χ0n) is 10.1. The lowest BCUT2D eigenvalue weighted by Gasteiger charge is -2.09. The Bertz CT molecular complexity index is 601. The molecule has 2 aromatic rings. The minimum atomic E-state index is 0.465. The van der Waals surface area contributed by atoms with Crippen molar-refractivity contribution in [2.75, 3.05) is 13.2 Å². The van der Waals surface area contributed by atoms with Gasteiger partial charge in [0.25, 0.3) is 0 Å². The summed E-state index contributed by atoms with van der Waals surface area (Å²) in [6.07, 6.45) is 1.63. The number of halogens is 1. The number of fused-ring (bicyclic) bond motifs is 2. The molecule has 0 N–H and O–H groups in total. The third-order valence-electron chi connectivity index (χ3n) is 2.88. The Balaban J connectivity index is 2.21. The minimum absolute atomic E-state index is 0.465. The van der Waals surface area contributed by atoms with Gasteiger partial charge < -0.3 is 9.47 Å². The van der Waals surface area contributed by atoms with Gasteiger partial charge in [0.05, 0.1) is 18.7 Å². The molecular formula is C13H13ClN2O2. The molecule has 0 atom stereocenters. The molecule has 4 nitrogen and oxygen atoms in total. The van der Waals surface area contributed by atoms with Gasteiger partial charge in [0.15, 0.2) is 11.5 Å². The van der Waals surface area contributed by atoms with Crippen molar-refractivity contribution < 1.29 is 9.47 Å². The smallest absolute Gasteiger partial charge is 0.163 e. The molecule has 3 rings (SSSR count). The second kappa shape index (κ2) is 4.61. The topological polar surface area (TPSA) is 44.2 Å². The molecular weight excluding hydrogens is 252 g/mol. The fourth-order valence-electron chi connectivity index (χ4n) is 1.95. The van der Waals surface area contributed by atoms with Crippen LogP contribution in [0.2, 0.25) is 5.15 Å². The van der Waals surface area contributed by atoms with E-state index >= 15 is 0 Å².